The van der Waals surface area contributed by atoms with Gasteiger partial charge in [-0.15, -0.1) is 0 Å². The average molecular weight is 169 g/mol. The van der Waals surface area contributed by atoms with Crippen molar-refractivity contribution in [2.24, 2.45) is 10.8 Å². The molecule has 12 heavy (non-hydrogen) atoms. The second-order valence-corrected chi connectivity index (χ2v) is 4.52. The molecule has 1 N–H and O–H groups in total. The van der Waals surface area contributed by atoms with E-state index in [2.05, 4.69) is 5.32 Å². The first-order chi connectivity index (χ1) is 5.28. The van der Waals surface area contributed by atoms with Crippen LogP contribution in [0.25, 0.3) is 0 Å². The fourth-order valence-electron chi connectivity index (χ4n) is 1.55. The van der Waals surface area contributed by atoms with Gasteiger partial charge in [-0.25, -0.2) is 0 Å². The molecule has 0 spiro atoms. The summed E-state index contributed by atoms with van der Waals surface area (Å²) in [6.45, 7) is 7.51. The van der Waals surface area contributed by atoms with Crippen molar-refractivity contribution in [1.82, 2.24) is 5.32 Å². The highest BCUT2D eigenvalue weighted by Gasteiger charge is 2.47. The highest BCUT2D eigenvalue weighted by atomic mass is 16.2. The smallest absolute Gasteiger partial charge is 0.233 e. The molecule has 1 aliphatic heterocycles. The lowest BCUT2D eigenvalue weighted by atomic mass is 9.70. The van der Waals surface area contributed by atoms with Crippen molar-refractivity contribution in [3.8, 4) is 0 Å². The van der Waals surface area contributed by atoms with Crippen LogP contribution in [0, 0.1) is 10.8 Å². The van der Waals surface area contributed by atoms with E-state index in [4.69, 9.17) is 0 Å². The zero-order chi connectivity index (χ0) is 9.57. The van der Waals surface area contributed by atoms with Gasteiger partial charge in [-0.1, -0.05) is 13.8 Å². The molecule has 0 radical (unpaired) electrons. The van der Waals surface area contributed by atoms with Gasteiger partial charge in [0.2, 0.25) is 5.91 Å². The zero-order valence-corrected chi connectivity index (χ0v) is 8.02. The summed E-state index contributed by atoms with van der Waals surface area (Å²) in [5.41, 5.74) is -1.28. The third-order valence-electron chi connectivity index (χ3n) is 2.44. The van der Waals surface area contributed by atoms with Crippen LogP contribution in [0.1, 0.15) is 27.7 Å². The predicted octanol–water partition coefficient (Wildman–Crippen LogP) is 0.738. The summed E-state index contributed by atoms with van der Waals surface area (Å²) in [5, 5.41) is 2.73. The number of ketones is 1. The van der Waals surface area contributed by atoms with Crippen LogP contribution in [0.2, 0.25) is 0 Å². The maximum atomic E-state index is 11.7. The van der Waals surface area contributed by atoms with Gasteiger partial charge in [0.05, 0.1) is 0 Å². The minimum absolute atomic E-state index is 0.0266. The number of rotatable bonds is 0. The number of hydrogen-bond donors (Lipinski definition) is 1. The summed E-state index contributed by atoms with van der Waals surface area (Å²) in [6, 6.07) is 0. The van der Waals surface area contributed by atoms with E-state index in [0.29, 0.717) is 6.54 Å². The monoisotopic (exact) mass is 169 g/mol. The molecule has 1 fully saturated rings. The molecule has 1 saturated heterocycles. The highest BCUT2D eigenvalue weighted by Crippen LogP contribution is 2.32. The van der Waals surface area contributed by atoms with Crippen LogP contribution in [-0.2, 0) is 9.59 Å². The lowest BCUT2D eigenvalue weighted by Gasteiger charge is -2.37. The van der Waals surface area contributed by atoms with Gasteiger partial charge in [0.25, 0.3) is 0 Å². The Morgan fingerprint density at radius 2 is 1.67 bits per heavy atom. The Labute approximate surface area is 72.5 Å². The average Bonchev–Trinajstić information content (AvgIpc) is 1.96. The molecule has 3 heteroatoms. The molecule has 1 heterocycles. The Morgan fingerprint density at radius 1 is 1.17 bits per heavy atom. The second kappa shape index (κ2) is 2.31. The van der Waals surface area contributed by atoms with E-state index < -0.39 is 10.8 Å². The van der Waals surface area contributed by atoms with Crippen molar-refractivity contribution in [2.75, 3.05) is 6.54 Å². The first-order valence-electron chi connectivity index (χ1n) is 4.12. The highest BCUT2D eigenvalue weighted by molar-refractivity contribution is 6.09. The number of Topliss-reactive ketones (excluding diaryl/α,β-unsaturated/α-hetero) is 1. The molecule has 1 rings (SSSR count). The van der Waals surface area contributed by atoms with Gasteiger partial charge >= 0.3 is 0 Å². The van der Waals surface area contributed by atoms with Crippen LogP contribution in [-0.4, -0.2) is 18.2 Å². The van der Waals surface area contributed by atoms with Gasteiger partial charge in [0.1, 0.15) is 5.41 Å². The summed E-state index contributed by atoms with van der Waals surface area (Å²) in [7, 11) is 0. The van der Waals surface area contributed by atoms with Crippen molar-refractivity contribution < 1.29 is 9.59 Å². The van der Waals surface area contributed by atoms with Crippen molar-refractivity contribution in [2.45, 2.75) is 27.7 Å². The molecule has 0 aromatic heterocycles. The number of piperidine rings is 1. The van der Waals surface area contributed by atoms with Crippen molar-refractivity contribution in [1.29, 1.82) is 0 Å². The quantitative estimate of drug-likeness (QED) is 0.543. The number of carbonyl (C=O) groups excluding carboxylic acids is 2. The predicted molar refractivity (Wildman–Crippen MR) is 45.6 cm³/mol. The molecule has 0 atom stereocenters. The third kappa shape index (κ3) is 1.13. The Kier molecular flexibility index (Phi) is 1.78. The first-order valence-corrected chi connectivity index (χ1v) is 4.12. The SMILES string of the molecule is CC1(C)CNC(=O)C(C)(C)C1=O. The van der Waals surface area contributed by atoms with E-state index in [9.17, 15) is 9.59 Å². The maximum Gasteiger partial charge on any atom is 0.233 e. The van der Waals surface area contributed by atoms with Crippen molar-refractivity contribution >= 4 is 11.7 Å². The van der Waals surface area contributed by atoms with E-state index in [0.717, 1.165) is 0 Å². The van der Waals surface area contributed by atoms with Gasteiger partial charge in [-0.3, -0.25) is 9.59 Å². The molecule has 0 saturated carbocycles. The summed E-state index contributed by atoms with van der Waals surface area (Å²) in [4.78, 5) is 23.0. The lowest BCUT2D eigenvalue weighted by Crippen LogP contribution is -2.57. The Hall–Kier alpha value is -0.860. The van der Waals surface area contributed by atoms with Gasteiger partial charge < -0.3 is 5.32 Å². The Balaban J connectivity index is 3.02. The summed E-state index contributed by atoms with van der Waals surface area (Å²) in [6.07, 6.45) is 0. The van der Waals surface area contributed by atoms with E-state index in [-0.39, 0.29) is 11.7 Å². The molecule has 1 aliphatic rings. The van der Waals surface area contributed by atoms with Crippen LogP contribution < -0.4 is 5.32 Å². The van der Waals surface area contributed by atoms with Crippen LogP contribution in [0.15, 0.2) is 0 Å². The fraction of sp³-hybridized carbons (Fsp3) is 0.778. The van der Waals surface area contributed by atoms with Crippen LogP contribution in [0.3, 0.4) is 0 Å². The van der Waals surface area contributed by atoms with E-state index >= 15 is 0 Å². The fourth-order valence-corrected chi connectivity index (χ4v) is 1.55. The van der Waals surface area contributed by atoms with E-state index in [1.54, 1.807) is 13.8 Å². The van der Waals surface area contributed by atoms with Gasteiger partial charge in [0, 0.05) is 12.0 Å². The maximum absolute atomic E-state index is 11.7. The molecule has 0 unspecified atom stereocenters. The Bertz CT molecular complexity index is 241. The molecule has 0 aromatic rings. The van der Waals surface area contributed by atoms with Crippen LogP contribution >= 0.6 is 0 Å². The van der Waals surface area contributed by atoms with Crippen molar-refractivity contribution in [3.05, 3.63) is 0 Å². The second-order valence-electron chi connectivity index (χ2n) is 4.52. The number of hydrogen-bond acceptors (Lipinski definition) is 2. The topological polar surface area (TPSA) is 46.2 Å². The molecular weight excluding hydrogens is 154 g/mol. The van der Waals surface area contributed by atoms with Crippen LogP contribution in [0.5, 0.6) is 0 Å². The van der Waals surface area contributed by atoms with Gasteiger partial charge in [0.15, 0.2) is 5.78 Å². The third-order valence-corrected chi connectivity index (χ3v) is 2.44. The molecule has 3 nitrogen and oxygen atoms in total. The largest absolute Gasteiger partial charge is 0.354 e. The van der Waals surface area contributed by atoms with E-state index in [1.165, 1.54) is 0 Å². The zero-order valence-electron chi connectivity index (χ0n) is 8.02. The van der Waals surface area contributed by atoms with E-state index in [1.807, 2.05) is 13.8 Å². The minimum atomic E-state index is -0.859. The summed E-state index contributed by atoms with van der Waals surface area (Å²) in [5.74, 6) is -0.134. The molecule has 0 aliphatic carbocycles. The van der Waals surface area contributed by atoms with Gasteiger partial charge in [-0.2, -0.15) is 0 Å². The molecule has 0 bridgehead atoms. The first kappa shape index (κ1) is 9.23. The molecule has 0 aromatic carbocycles. The number of amides is 1. The van der Waals surface area contributed by atoms with Crippen LogP contribution in [0.4, 0.5) is 0 Å². The minimum Gasteiger partial charge on any atom is -0.354 e. The van der Waals surface area contributed by atoms with Gasteiger partial charge in [-0.05, 0) is 13.8 Å². The normalized spacial score (nSPS) is 26.7. The van der Waals surface area contributed by atoms with Crippen molar-refractivity contribution in [3.63, 3.8) is 0 Å². The molecule has 68 valence electrons. The summed E-state index contributed by atoms with van der Waals surface area (Å²) < 4.78 is 0. The number of carbonyl (C=O) groups is 2. The lowest BCUT2D eigenvalue weighted by molar-refractivity contribution is -0.150. The Morgan fingerprint density at radius 3 is 2.08 bits per heavy atom. The molecular formula is C9H15NO2. The molecule has 1 amide bonds. The standard InChI is InChI=1S/C9H15NO2/c1-8(2)5-10-7(12)9(3,4)6(8)11/h5H2,1-4H3,(H,10,12). The number of nitrogens with one attached hydrogen (secondary N) is 1. The summed E-state index contributed by atoms with van der Waals surface area (Å²) >= 11 is 0.